The number of urea groups is 1. The largest absolute Gasteiger partial charge is 0.433 e. The predicted molar refractivity (Wildman–Crippen MR) is 150 cm³/mol. The van der Waals surface area contributed by atoms with E-state index < -0.39 is 29.5 Å². The van der Waals surface area contributed by atoms with E-state index in [9.17, 15) is 23.2 Å². The molecule has 0 saturated carbocycles. The van der Waals surface area contributed by atoms with Crippen LogP contribution in [-0.2, 0) is 11.2 Å². The Morgan fingerprint density at radius 2 is 1.79 bits per heavy atom. The van der Waals surface area contributed by atoms with Crippen molar-refractivity contribution in [2.24, 2.45) is 0 Å². The number of allylic oxidation sites excluding steroid dienone is 1. The number of pyridine rings is 1. The first-order valence-corrected chi connectivity index (χ1v) is 13.0. The third-order valence-corrected chi connectivity index (χ3v) is 7.30. The zero-order valence-electron chi connectivity index (χ0n) is 22.7. The number of ketones is 1. The molecule has 3 amide bonds. The van der Waals surface area contributed by atoms with Crippen molar-refractivity contribution in [3.8, 4) is 17.3 Å². The van der Waals surface area contributed by atoms with Gasteiger partial charge in [0.15, 0.2) is 17.4 Å². The number of carbonyl (C=O) groups excluding carboxylic acids is 3. The molecule has 3 N–H and O–H groups in total. The molecule has 1 aliphatic carbocycles. The molecule has 2 aromatic heterocycles. The number of amides is 3. The number of nitrogens with zero attached hydrogens (tertiary/aromatic N) is 4. The number of nitrogens with one attached hydrogen (secondary N) is 1. The van der Waals surface area contributed by atoms with Gasteiger partial charge in [0.1, 0.15) is 11.9 Å². The summed E-state index contributed by atoms with van der Waals surface area (Å²) >= 11 is 0. The van der Waals surface area contributed by atoms with Gasteiger partial charge in [0, 0.05) is 18.1 Å². The molecule has 0 bridgehead atoms. The van der Waals surface area contributed by atoms with Crippen molar-refractivity contribution in [1.82, 2.24) is 20.1 Å². The summed E-state index contributed by atoms with van der Waals surface area (Å²) in [7, 11) is 0. The molecule has 12 heteroatoms. The second kappa shape index (κ2) is 9.91. The van der Waals surface area contributed by atoms with Crippen LogP contribution in [0.15, 0.2) is 54.4 Å². The summed E-state index contributed by atoms with van der Waals surface area (Å²) in [4.78, 5) is 43.7. The number of halogens is 2. The fraction of sp³-hybridized carbons (Fsp3) is 0.167. The third kappa shape index (κ3) is 4.37. The Kier molecular flexibility index (Phi) is 6.33. The summed E-state index contributed by atoms with van der Waals surface area (Å²) in [5, 5.41) is 6.90. The number of benzene rings is 2. The minimum absolute atomic E-state index is 0.0339. The van der Waals surface area contributed by atoms with E-state index in [1.54, 1.807) is 32.9 Å². The number of fused-ring (bicyclic) bond motifs is 1. The number of Topliss-reactive ketones (excluding diaryl/α,β-unsaturated/α-hetero) is 1. The van der Waals surface area contributed by atoms with Crippen molar-refractivity contribution in [2.75, 3.05) is 10.6 Å². The monoisotopic (exact) mass is 570 g/mol. The van der Waals surface area contributed by atoms with Gasteiger partial charge in [-0.05, 0) is 73.4 Å². The number of anilines is 2. The lowest BCUT2D eigenvalue weighted by Gasteiger charge is -2.17. The van der Waals surface area contributed by atoms with Crippen molar-refractivity contribution in [2.45, 2.75) is 33.2 Å². The van der Waals surface area contributed by atoms with Gasteiger partial charge in [0.05, 0.1) is 29.3 Å². The highest BCUT2D eigenvalue weighted by atomic mass is 19.1. The zero-order chi connectivity index (χ0) is 29.9. The van der Waals surface area contributed by atoms with Crippen LogP contribution in [0, 0.1) is 25.5 Å². The van der Waals surface area contributed by atoms with Gasteiger partial charge in [-0.2, -0.15) is 5.10 Å². The number of nitrogen functional groups attached to an aromatic ring is 1. The van der Waals surface area contributed by atoms with E-state index in [0.717, 1.165) is 33.7 Å². The van der Waals surface area contributed by atoms with E-state index >= 15 is 0 Å². The molecule has 3 heterocycles. The zero-order valence-corrected chi connectivity index (χ0v) is 22.7. The first-order chi connectivity index (χ1) is 20.0. The number of aromatic nitrogens is 3. The molecule has 1 atom stereocenters. The van der Waals surface area contributed by atoms with E-state index in [1.807, 2.05) is 6.07 Å². The Hall–Kier alpha value is -5.39. The third-order valence-electron chi connectivity index (χ3n) is 7.30. The number of hydrogen-bond donors (Lipinski definition) is 2. The van der Waals surface area contributed by atoms with E-state index in [4.69, 9.17) is 10.5 Å². The number of hydrogen-bond acceptors (Lipinski definition) is 7. The van der Waals surface area contributed by atoms with Crippen LogP contribution in [0.3, 0.4) is 0 Å². The summed E-state index contributed by atoms with van der Waals surface area (Å²) in [5.74, 6) is -2.90. The number of ether oxygens (including phenoxy) is 1. The van der Waals surface area contributed by atoms with Gasteiger partial charge in [-0.15, -0.1) is 0 Å². The number of imide groups is 1. The van der Waals surface area contributed by atoms with Gasteiger partial charge in [-0.3, -0.25) is 9.59 Å². The molecule has 4 aromatic rings. The maximum atomic E-state index is 14.0. The average Bonchev–Trinajstić information content (AvgIpc) is 3.60. The Morgan fingerprint density at radius 1 is 1.07 bits per heavy atom. The number of nitrogens with two attached hydrogens (primary N) is 1. The molecular formula is C30H24F2N6O4. The van der Waals surface area contributed by atoms with E-state index in [2.05, 4.69) is 15.4 Å². The first kappa shape index (κ1) is 26.8. The molecule has 0 unspecified atom stereocenters. The molecule has 1 fully saturated rings. The molecule has 42 heavy (non-hydrogen) atoms. The molecule has 0 spiro atoms. The van der Waals surface area contributed by atoms with Gasteiger partial charge in [0.25, 0.3) is 5.91 Å². The first-order valence-electron chi connectivity index (χ1n) is 13.0. The van der Waals surface area contributed by atoms with Gasteiger partial charge in [0.2, 0.25) is 11.6 Å². The SMILES string of the molecule is Cc1cc2c(cc1N1C(=O)N[C@H](C)C1=O)CC(C(=O)c1cnn(-c3cnc(Oc4c(F)cccc4F)cc3C)c1N)=C2. The molecule has 212 valence electrons. The fourth-order valence-electron chi connectivity index (χ4n) is 5.10. The van der Waals surface area contributed by atoms with Gasteiger partial charge in [-0.1, -0.05) is 6.07 Å². The van der Waals surface area contributed by atoms with Gasteiger partial charge in [-0.25, -0.2) is 28.1 Å². The molecule has 2 aromatic carbocycles. The van der Waals surface area contributed by atoms with Crippen LogP contribution in [0.25, 0.3) is 11.8 Å². The van der Waals surface area contributed by atoms with Gasteiger partial charge >= 0.3 is 6.03 Å². The van der Waals surface area contributed by atoms with Crippen LogP contribution >= 0.6 is 0 Å². The summed E-state index contributed by atoms with van der Waals surface area (Å²) in [6, 6.07) is 7.37. The van der Waals surface area contributed by atoms with Crippen LogP contribution in [0.1, 0.15) is 39.5 Å². The standard InChI is InChI=1S/C30H24F2N6O4/c1-14-7-17-9-19(10-18(17)11-23(14)37-29(40)16(3)36-30(37)41)26(39)20-12-35-38(28(20)33)24-13-34-25(8-15(24)2)42-27-21(31)5-4-6-22(27)32/h4-9,11-13,16H,10,33H2,1-3H3,(H,36,41)/t16-/m1/s1. The maximum absolute atomic E-state index is 14.0. The van der Waals surface area contributed by atoms with E-state index in [-0.39, 0.29) is 35.4 Å². The minimum atomic E-state index is -0.864. The lowest BCUT2D eigenvalue weighted by Crippen LogP contribution is -2.31. The lowest BCUT2D eigenvalue weighted by molar-refractivity contribution is -0.117. The molecule has 1 aliphatic heterocycles. The Bertz CT molecular complexity index is 1840. The van der Waals surface area contributed by atoms with Crippen LogP contribution in [0.5, 0.6) is 11.6 Å². The highest BCUT2D eigenvalue weighted by Gasteiger charge is 2.37. The van der Waals surface area contributed by atoms with Gasteiger partial charge < -0.3 is 15.8 Å². The highest BCUT2D eigenvalue weighted by molar-refractivity contribution is 6.22. The Morgan fingerprint density at radius 3 is 2.45 bits per heavy atom. The molecule has 0 radical (unpaired) electrons. The highest BCUT2D eigenvalue weighted by Crippen LogP contribution is 2.35. The van der Waals surface area contributed by atoms with Crippen molar-refractivity contribution >= 4 is 35.3 Å². The maximum Gasteiger partial charge on any atom is 0.329 e. The quantitative estimate of drug-likeness (QED) is 0.251. The van der Waals surface area contributed by atoms with E-state index in [0.29, 0.717) is 22.5 Å². The van der Waals surface area contributed by atoms with Crippen molar-refractivity contribution in [3.05, 3.63) is 93.8 Å². The van der Waals surface area contributed by atoms with Crippen LogP contribution in [0.4, 0.5) is 25.1 Å². The predicted octanol–water partition coefficient (Wildman–Crippen LogP) is 4.80. The van der Waals surface area contributed by atoms with Crippen LogP contribution in [-0.4, -0.2) is 38.5 Å². The lowest BCUT2D eigenvalue weighted by atomic mass is 10.0. The summed E-state index contributed by atoms with van der Waals surface area (Å²) in [6.07, 6.45) is 4.79. The summed E-state index contributed by atoms with van der Waals surface area (Å²) < 4.78 is 34.7. The smallest absolute Gasteiger partial charge is 0.329 e. The minimum Gasteiger partial charge on any atom is -0.433 e. The van der Waals surface area contributed by atoms with Crippen molar-refractivity contribution in [3.63, 3.8) is 0 Å². The number of carbonyl (C=O) groups is 3. The van der Waals surface area contributed by atoms with Crippen molar-refractivity contribution < 1.29 is 27.9 Å². The second-order valence-corrected chi connectivity index (χ2v) is 10.2. The number of rotatable bonds is 6. The Balaban J connectivity index is 1.23. The molecular weight excluding hydrogens is 546 g/mol. The number of aryl methyl sites for hydroxylation is 2. The normalized spacial score (nSPS) is 16.0. The fourth-order valence-corrected chi connectivity index (χ4v) is 5.10. The molecule has 6 rings (SSSR count). The Labute approximate surface area is 238 Å². The summed E-state index contributed by atoms with van der Waals surface area (Å²) in [6.45, 7) is 5.14. The summed E-state index contributed by atoms with van der Waals surface area (Å²) in [5.41, 5.74) is 10.8. The average molecular weight is 571 g/mol. The topological polar surface area (TPSA) is 132 Å². The van der Waals surface area contributed by atoms with Crippen LogP contribution < -0.4 is 20.7 Å². The second-order valence-electron chi connectivity index (χ2n) is 10.2. The van der Waals surface area contributed by atoms with Crippen molar-refractivity contribution in [1.29, 1.82) is 0 Å². The number of para-hydroxylation sites is 1. The molecule has 2 aliphatic rings. The molecule has 1 saturated heterocycles. The van der Waals surface area contributed by atoms with Crippen LogP contribution in [0.2, 0.25) is 0 Å². The van der Waals surface area contributed by atoms with E-state index in [1.165, 1.54) is 29.2 Å². The molecule has 10 nitrogen and oxygen atoms in total.